The van der Waals surface area contributed by atoms with Crippen molar-refractivity contribution in [3.8, 4) is 0 Å². The molecule has 16 heavy (non-hydrogen) atoms. The summed E-state index contributed by atoms with van der Waals surface area (Å²) in [6.45, 7) is 11.7. The van der Waals surface area contributed by atoms with Gasteiger partial charge >= 0.3 is 5.97 Å². The average molecular weight is 226 g/mol. The van der Waals surface area contributed by atoms with E-state index in [1.807, 2.05) is 6.92 Å². The van der Waals surface area contributed by atoms with Gasteiger partial charge in [0.1, 0.15) is 0 Å². The van der Waals surface area contributed by atoms with Gasteiger partial charge in [-0.1, -0.05) is 39.7 Å². The van der Waals surface area contributed by atoms with Crippen molar-refractivity contribution in [3.05, 3.63) is 12.2 Å². The maximum atomic E-state index is 11.2. The van der Waals surface area contributed by atoms with Crippen molar-refractivity contribution in [2.45, 2.75) is 65.9 Å². The van der Waals surface area contributed by atoms with E-state index >= 15 is 0 Å². The van der Waals surface area contributed by atoms with Gasteiger partial charge in [0, 0.05) is 5.57 Å². The van der Waals surface area contributed by atoms with Gasteiger partial charge in [-0.25, -0.2) is 4.79 Å². The predicted octanol–water partition coefficient (Wildman–Crippen LogP) is 4.10. The van der Waals surface area contributed by atoms with Crippen LogP contribution in [0, 0.1) is 5.92 Å². The molecule has 0 bridgehead atoms. The molecule has 0 fully saturated rings. The number of carbonyl (C=O) groups excluding carboxylic acids is 1. The third-order valence-electron chi connectivity index (χ3n) is 2.55. The summed E-state index contributed by atoms with van der Waals surface area (Å²) < 4.78 is 5.20. The van der Waals surface area contributed by atoms with Gasteiger partial charge < -0.3 is 4.74 Å². The number of carbonyl (C=O) groups is 1. The highest BCUT2D eigenvalue weighted by Gasteiger charge is 2.09. The first-order chi connectivity index (χ1) is 7.43. The molecule has 1 atom stereocenters. The number of esters is 1. The van der Waals surface area contributed by atoms with Crippen LogP contribution in [-0.4, -0.2) is 12.1 Å². The zero-order valence-corrected chi connectivity index (χ0v) is 11.2. The lowest BCUT2D eigenvalue weighted by Crippen LogP contribution is -2.15. The minimum Gasteiger partial charge on any atom is -0.459 e. The summed E-state index contributed by atoms with van der Waals surface area (Å²) in [4.78, 5) is 11.2. The summed E-state index contributed by atoms with van der Waals surface area (Å²) in [5, 5.41) is 0. The van der Waals surface area contributed by atoms with Gasteiger partial charge in [-0.3, -0.25) is 0 Å². The minimum absolute atomic E-state index is 0.0169. The Morgan fingerprint density at radius 1 is 1.12 bits per heavy atom. The summed E-state index contributed by atoms with van der Waals surface area (Å²) in [6, 6.07) is 0. The van der Waals surface area contributed by atoms with Crippen LogP contribution in [0.1, 0.15) is 59.8 Å². The van der Waals surface area contributed by atoms with E-state index in [1.165, 1.54) is 19.3 Å². The maximum absolute atomic E-state index is 11.2. The van der Waals surface area contributed by atoms with Gasteiger partial charge in [-0.15, -0.1) is 0 Å². The van der Waals surface area contributed by atoms with Crippen molar-refractivity contribution in [1.82, 2.24) is 0 Å². The molecular weight excluding hydrogens is 200 g/mol. The lowest BCUT2D eigenvalue weighted by Gasteiger charge is -2.13. The number of ether oxygens (including phenoxy) is 1. The van der Waals surface area contributed by atoms with Crippen LogP contribution in [0.25, 0.3) is 0 Å². The first kappa shape index (κ1) is 15.2. The van der Waals surface area contributed by atoms with Gasteiger partial charge in [-0.2, -0.15) is 0 Å². The second-order valence-electron chi connectivity index (χ2n) is 5.03. The van der Waals surface area contributed by atoms with Crippen LogP contribution in [0.4, 0.5) is 0 Å². The maximum Gasteiger partial charge on any atom is 0.333 e. The summed E-state index contributed by atoms with van der Waals surface area (Å²) in [5.74, 6) is 0.522. The molecule has 0 aliphatic heterocycles. The van der Waals surface area contributed by atoms with Crippen LogP contribution >= 0.6 is 0 Å². The Hall–Kier alpha value is -0.790. The fraction of sp³-hybridized carbons (Fsp3) is 0.786. The SMILES string of the molecule is C=C(C)C(=O)OC(C)CCCCCC(C)C. The minimum atomic E-state index is -0.269. The Morgan fingerprint density at radius 2 is 1.69 bits per heavy atom. The zero-order chi connectivity index (χ0) is 12.6. The van der Waals surface area contributed by atoms with Crippen LogP contribution in [0.5, 0.6) is 0 Å². The van der Waals surface area contributed by atoms with Gasteiger partial charge in [0.2, 0.25) is 0 Å². The lowest BCUT2D eigenvalue weighted by molar-refractivity contribution is -0.143. The summed E-state index contributed by atoms with van der Waals surface area (Å²) in [6.07, 6.45) is 5.91. The van der Waals surface area contributed by atoms with Crippen LogP contribution in [0.15, 0.2) is 12.2 Å². The molecule has 0 rings (SSSR count). The molecule has 0 saturated heterocycles. The van der Waals surface area contributed by atoms with Crippen molar-refractivity contribution in [2.75, 3.05) is 0 Å². The van der Waals surface area contributed by atoms with Crippen molar-refractivity contribution in [3.63, 3.8) is 0 Å². The largest absolute Gasteiger partial charge is 0.459 e. The van der Waals surface area contributed by atoms with Crippen LogP contribution in [0.3, 0.4) is 0 Å². The molecule has 0 heterocycles. The third-order valence-corrected chi connectivity index (χ3v) is 2.55. The molecule has 2 nitrogen and oxygen atoms in total. The highest BCUT2D eigenvalue weighted by molar-refractivity contribution is 5.87. The quantitative estimate of drug-likeness (QED) is 0.354. The summed E-state index contributed by atoms with van der Waals surface area (Å²) in [5.41, 5.74) is 0.478. The van der Waals surface area contributed by atoms with Gasteiger partial charge in [0.25, 0.3) is 0 Å². The van der Waals surface area contributed by atoms with E-state index in [0.29, 0.717) is 5.57 Å². The van der Waals surface area contributed by atoms with E-state index in [1.54, 1.807) is 6.92 Å². The molecule has 0 radical (unpaired) electrons. The van der Waals surface area contributed by atoms with Gasteiger partial charge in [0.15, 0.2) is 0 Å². The van der Waals surface area contributed by atoms with Crippen molar-refractivity contribution in [1.29, 1.82) is 0 Å². The van der Waals surface area contributed by atoms with Crippen LogP contribution < -0.4 is 0 Å². The average Bonchev–Trinajstić information content (AvgIpc) is 2.16. The van der Waals surface area contributed by atoms with Crippen LogP contribution in [0.2, 0.25) is 0 Å². The molecule has 0 aromatic carbocycles. The Balaban J connectivity index is 3.47. The Labute approximate surface area is 100 Å². The van der Waals surface area contributed by atoms with E-state index in [-0.39, 0.29) is 12.1 Å². The fourth-order valence-corrected chi connectivity index (χ4v) is 1.50. The Morgan fingerprint density at radius 3 is 2.19 bits per heavy atom. The highest BCUT2D eigenvalue weighted by Crippen LogP contribution is 2.12. The molecule has 0 aliphatic rings. The normalized spacial score (nSPS) is 12.6. The van der Waals surface area contributed by atoms with Crippen molar-refractivity contribution >= 4 is 5.97 Å². The summed E-state index contributed by atoms with van der Waals surface area (Å²) >= 11 is 0. The second kappa shape index (κ2) is 8.37. The number of rotatable bonds is 8. The third kappa shape index (κ3) is 8.51. The van der Waals surface area contributed by atoms with E-state index in [0.717, 1.165) is 18.8 Å². The van der Waals surface area contributed by atoms with E-state index in [9.17, 15) is 4.79 Å². The Bertz CT molecular complexity index is 219. The topological polar surface area (TPSA) is 26.3 Å². The second-order valence-corrected chi connectivity index (χ2v) is 5.03. The number of hydrogen-bond acceptors (Lipinski definition) is 2. The molecule has 1 unspecified atom stereocenters. The molecule has 0 saturated carbocycles. The van der Waals surface area contributed by atoms with E-state index < -0.39 is 0 Å². The molecule has 94 valence electrons. The molecule has 0 spiro atoms. The van der Waals surface area contributed by atoms with E-state index in [2.05, 4.69) is 20.4 Å². The standard InChI is InChI=1S/C14H26O2/c1-11(2)9-7-6-8-10-13(5)16-14(15)12(3)4/h11,13H,3,6-10H2,1-2,4-5H3. The van der Waals surface area contributed by atoms with Gasteiger partial charge in [-0.05, 0) is 32.6 Å². The predicted molar refractivity (Wildman–Crippen MR) is 68.3 cm³/mol. The molecule has 0 aromatic heterocycles. The molecule has 0 aliphatic carbocycles. The van der Waals surface area contributed by atoms with E-state index in [4.69, 9.17) is 4.74 Å². The smallest absolute Gasteiger partial charge is 0.333 e. The molecule has 0 aromatic rings. The van der Waals surface area contributed by atoms with Crippen molar-refractivity contribution in [2.24, 2.45) is 5.92 Å². The molecule has 0 amide bonds. The number of hydrogen-bond donors (Lipinski definition) is 0. The number of unbranched alkanes of at least 4 members (excludes halogenated alkanes) is 2. The molecule has 2 heteroatoms. The molecular formula is C14H26O2. The highest BCUT2D eigenvalue weighted by atomic mass is 16.5. The van der Waals surface area contributed by atoms with Crippen LogP contribution in [-0.2, 0) is 9.53 Å². The zero-order valence-electron chi connectivity index (χ0n) is 11.2. The first-order valence-electron chi connectivity index (χ1n) is 6.30. The van der Waals surface area contributed by atoms with Gasteiger partial charge in [0.05, 0.1) is 6.10 Å². The fourth-order valence-electron chi connectivity index (χ4n) is 1.50. The molecule has 0 N–H and O–H groups in total. The monoisotopic (exact) mass is 226 g/mol. The lowest BCUT2D eigenvalue weighted by atomic mass is 10.0. The summed E-state index contributed by atoms with van der Waals surface area (Å²) in [7, 11) is 0. The Kier molecular flexibility index (Phi) is 7.96. The first-order valence-corrected chi connectivity index (χ1v) is 6.30. The van der Waals surface area contributed by atoms with Crippen molar-refractivity contribution < 1.29 is 9.53 Å².